The molecule has 0 aliphatic rings. The molecule has 146 valence electrons. The highest BCUT2D eigenvalue weighted by molar-refractivity contribution is 7.71. The number of aromatic amines is 1. The van der Waals surface area contributed by atoms with E-state index in [4.69, 9.17) is 12.2 Å². The number of rotatable bonds is 6. The van der Waals surface area contributed by atoms with Crippen LogP contribution in [0.15, 0.2) is 42.5 Å². The summed E-state index contributed by atoms with van der Waals surface area (Å²) in [6, 6.07) is 11.0. The number of H-pyrrole nitrogens is 1. The normalized spacial score (nSPS) is 12.0. The monoisotopic (exact) mass is 402 g/mol. The fourth-order valence-corrected chi connectivity index (χ4v) is 3.06. The zero-order valence-corrected chi connectivity index (χ0v) is 16.3. The van der Waals surface area contributed by atoms with E-state index in [1.165, 1.54) is 6.07 Å². The quantitative estimate of drug-likeness (QED) is 0.599. The highest BCUT2D eigenvalue weighted by atomic mass is 32.1. The Morgan fingerprint density at radius 2 is 1.93 bits per heavy atom. The molecule has 1 amide bonds. The number of amides is 1. The number of nitrogens with zero attached hydrogens (tertiary/aromatic N) is 2. The van der Waals surface area contributed by atoms with Gasteiger partial charge < -0.3 is 5.32 Å². The largest absolute Gasteiger partial charge is 0.350 e. The second-order valence-corrected chi connectivity index (χ2v) is 6.97. The lowest BCUT2D eigenvalue weighted by molar-refractivity contribution is -0.121. The first-order chi connectivity index (χ1) is 13.3. The van der Waals surface area contributed by atoms with Crippen LogP contribution in [0.4, 0.5) is 8.78 Å². The molecular formula is C20H20F2N4OS. The molecule has 1 heterocycles. The fraction of sp³-hybridized carbons (Fsp3) is 0.250. The van der Waals surface area contributed by atoms with Gasteiger partial charge in [-0.05, 0) is 43.8 Å². The Morgan fingerprint density at radius 3 is 2.61 bits per heavy atom. The first kappa shape index (κ1) is 19.9. The molecule has 1 unspecified atom stereocenters. The van der Waals surface area contributed by atoms with Crippen molar-refractivity contribution < 1.29 is 13.6 Å². The van der Waals surface area contributed by atoms with Crippen molar-refractivity contribution in [3.05, 3.63) is 70.0 Å². The van der Waals surface area contributed by atoms with Gasteiger partial charge in [-0.25, -0.2) is 8.78 Å². The molecule has 1 aromatic heterocycles. The van der Waals surface area contributed by atoms with Crippen molar-refractivity contribution in [2.24, 2.45) is 0 Å². The molecule has 5 nitrogen and oxygen atoms in total. The lowest BCUT2D eigenvalue weighted by atomic mass is 10.1. The first-order valence-electron chi connectivity index (χ1n) is 8.81. The number of nitrogens with one attached hydrogen (secondary N) is 2. The van der Waals surface area contributed by atoms with E-state index in [9.17, 15) is 13.6 Å². The molecule has 3 rings (SSSR count). The molecule has 28 heavy (non-hydrogen) atoms. The third-order valence-electron chi connectivity index (χ3n) is 4.45. The van der Waals surface area contributed by atoms with E-state index in [2.05, 4.69) is 15.5 Å². The number of hydrogen-bond acceptors (Lipinski definition) is 3. The minimum absolute atomic E-state index is 0.167. The number of carbonyl (C=O) groups excluding carboxylic acids is 1. The van der Waals surface area contributed by atoms with Crippen LogP contribution in [0.3, 0.4) is 0 Å². The molecule has 0 aliphatic heterocycles. The summed E-state index contributed by atoms with van der Waals surface area (Å²) in [5.41, 5.74) is 2.52. The summed E-state index contributed by atoms with van der Waals surface area (Å²) in [7, 11) is 0. The van der Waals surface area contributed by atoms with Crippen molar-refractivity contribution in [3.8, 4) is 11.4 Å². The van der Waals surface area contributed by atoms with E-state index in [-0.39, 0.29) is 12.3 Å². The van der Waals surface area contributed by atoms with E-state index < -0.39 is 17.7 Å². The molecule has 0 fully saturated rings. The lowest BCUT2D eigenvalue weighted by Gasteiger charge is -2.15. The summed E-state index contributed by atoms with van der Waals surface area (Å²) in [6.07, 6.45) is 0.167. The summed E-state index contributed by atoms with van der Waals surface area (Å²) in [6.45, 7) is 4.06. The highest BCUT2D eigenvalue weighted by Crippen LogP contribution is 2.19. The summed E-state index contributed by atoms with van der Waals surface area (Å²) >= 11 is 5.28. The van der Waals surface area contributed by atoms with Crippen molar-refractivity contribution in [1.82, 2.24) is 20.1 Å². The van der Waals surface area contributed by atoms with Crippen molar-refractivity contribution >= 4 is 18.1 Å². The first-order valence-corrected chi connectivity index (χ1v) is 9.22. The number of halogens is 2. The summed E-state index contributed by atoms with van der Waals surface area (Å²) in [4.78, 5) is 12.3. The van der Waals surface area contributed by atoms with Crippen LogP contribution >= 0.6 is 12.2 Å². The minimum atomic E-state index is -0.939. The van der Waals surface area contributed by atoms with Gasteiger partial charge in [0.1, 0.15) is 0 Å². The zero-order valence-electron chi connectivity index (χ0n) is 15.5. The van der Waals surface area contributed by atoms with E-state index in [0.717, 1.165) is 23.3 Å². The minimum Gasteiger partial charge on any atom is -0.350 e. The number of hydrogen-bond donors (Lipinski definition) is 2. The molecule has 0 aliphatic carbocycles. The highest BCUT2D eigenvalue weighted by Gasteiger charge is 2.14. The van der Waals surface area contributed by atoms with Gasteiger partial charge in [-0.3, -0.25) is 14.5 Å². The standard InChI is InChI=1S/C20H20F2N4OS/c1-12-3-5-14(6-4-12)19-24-25-20(28)26(19)10-9-18(27)23-13(2)15-7-8-16(21)17(22)11-15/h3-8,11,13H,9-10H2,1-2H3,(H,23,27)(H,25,28). The maximum absolute atomic E-state index is 13.4. The van der Waals surface area contributed by atoms with Gasteiger partial charge in [0.05, 0.1) is 6.04 Å². The molecule has 0 bridgehead atoms. The van der Waals surface area contributed by atoms with Gasteiger partial charge in [0.15, 0.2) is 22.2 Å². The van der Waals surface area contributed by atoms with Gasteiger partial charge in [-0.1, -0.05) is 35.9 Å². The molecule has 3 aromatic rings. The number of aryl methyl sites for hydroxylation is 1. The molecule has 2 N–H and O–H groups in total. The molecule has 0 radical (unpaired) electrons. The van der Waals surface area contributed by atoms with Gasteiger partial charge >= 0.3 is 0 Å². The van der Waals surface area contributed by atoms with Crippen LogP contribution in [0.2, 0.25) is 0 Å². The van der Waals surface area contributed by atoms with Crippen molar-refractivity contribution in [2.75, 3.05) is 0 Å². The Morgan fingerprint density at radius 1 is 1.21 bits per heavy atom. The van der Waals surface area contributed by atoms with Crippen LogP contribution in [0, 0.1) is 23.3 Å². The average molecular weight is 402 g/mol. The summed E-state index contributed by atoms with van der Waals surface area (Å²) in [5, 5.41) is 9.80. The summed E-state index contributed by atoms with van der Waals surface area (Å²) < 4.78 is 28.6. The summed E-state index contributed by atoms with van der Waals surface area (Å²) in [5.74, 6) is -1.42. The molecule has 8 heteroatoms. The number of carbonyl (C=O) groups is 1. The SMILES string of the molecule is Cc1ccc(-c2n[nH]c(=S)n2CCC(=O)NC(C)c2ccc(F)c(F)c2)cc1. The van der Waals surface area contributed by atoms with Crippen LogP contribution in [-0.4, -0.2) is 20.7 Å². The Labute approximate surface area is 166 Å². The molecule has 1 atom stereocenters. The second kappa shape index (κ2) is 8.43. The Hall–Kier alpha value is -2.87. The van der Waals surface area contributed by atoms with Crippen molar-refractivity contribution in [2.45, 2.75) is 32.9 Å². The van der Waals surface area contributed by atoms with Gasteiger partial charge in [0.25, 0.3) is 0 Å². The zero-order chi connectivity index (χ0) is 20.3. The van der Waals surface area contributed by atoms with Crippen LogP contribution in [0.5, 0.6) is 0 Å². The molecule has 0 saturated carbocycles. The maximum Gasteiger partial charge on any atom is 0.222 e. The molecule has 0 spiro atoms. The average Bonchev–Trinajstić information content (AvgIpc) is 3.03. The van der Waals surface area contributed by atoms with Gasteiger partial charge in [-0.2, -0.15) is 5.10 Å². The van der Waals surface area contributed by atoms with E-state index in [0.29, 0.717) is 22.7 Å². The molecule has 0 saturated heterocycles. The lowest BCUT2D eigenvalue weighted by Crippen LogP contribution is -2.27. The fourth-order valence-electron chi connectivity index (χ4n) is 2.84. The third-order valence-corrected chi connectivity index (χ3v) is 4.76. The maximum atomic E-state index is 13.4. The van der Waals surface area contributed by atoms with Crippen molar-refractivity contribution in [3.63, 3.8) is 0 Å². The van der Waals surface area contributed by atoms with Crippen LogP contribution in [0.1, 0.15) is 30.5 Å². The van der Waals surface area contributed by atoms with Crippen LogP contribution in [0.25, 0.3) is 11.4 Å². The Balaban J connectivity index is 1.66. The van der Waals surface area contributed by atoms with Gasteiger partial charge in [0, 0.05) is 18.5 Å². The smallest absolute Gasteiger partial charge is 0.222 e. The second-order valence-electron chi connectivity index (χ2n) is 6.58. The van der Waals surface area contributed by atoms with E-state index >= 15 is 0 Å². The Bertz CT molecular complexity index is 1040. The van der Waals surface area contributed by atoms with Crippen LogP contribution < -0.4 is 5.32 Å². The predicted molar refractivity (Wildman–Crippen MR) is 105 cm³/mol. The van der Waals surface area contributed by atoms with E-state index in [1.807, 2.05) is 31.2 Å². The van der Waals surface area contributed by atoms with Gasteiger partial charge in [0.2, 0.25) is 5.91 Å². The number of benzene rings is 2. The van der Waals surface area contributed by atoms with Gasteiger partial charge in [-0.15, -0.1) is 0 Å². The predicted octanol–water partition coefficient (Wildman–Crippen LogP) is 4.46. The van der Waals surface area contributed by atoms with Crippen LogP contribution in [-0.2, 0) is 11.3 Å². The third kappa shape index (κ3) is 4.51. The topological polar surface area (TPSA) is 62.7 Å². The molecular weight excluding hydrogens is 382 g/mol. The number of aromatic nitrogens is 3. The Kier molecular flexibility index (Phi) is 5.99. The van der Waals surface area contributed by atoms with Crippen molar-refractivity contribution in [1.29, 1.82) is 0 Å². The molecule has 2 aromatic carbocycles. The van der Waals surface area contributed by atoms with E-state index in [1.54, 1.807) is 11.5 Å².